The molecule has 3 aromatic rings. The largest absolute Gasteiger partial charge is 0.466 e. The van der Waals surface area contributed by atoms with Crippen LogP contribution in [0.15, 0.2) is 36.4 Å². The molecule has 1 aliphatic carbocycles. The minimum atomic E-state index is -0.991. The number of hydrogen-bond acceptors (Lipinski definition) is 5. The van der Waals surface area contributed by atoms with E-state index in [9.17, 15) is 18.4 Å². The number of carbonyl (C=O) groups is 2. The van der Waals surface area contributed by atoms with Crippen molar-refractivity contribution >= 4 is 28.6 Å². The highest BCUT2D eigenvalue weighted by molar-refractivity contribution is 5.95. The fourth-order valence-electron chi connectivity index (χ4n) is 5.88. The normalized spacial score (nSPS) is 22.2. The lowest BCUT2D eigenvalue weighted by atomic mass is 9.91. The number of rotatable bonds is 7. The first-order valence-corrected chi connectivity index (χ1v) is 13.4. The Morgan fingerprint density at radius 1 is 1.05 bits per heavy atom. The highest BCUT2D eigenvalue weighted by atomic mass is 19.2. The number of hydrogen-bond donors (Lipinski definition) is 0. The second-order valence-electron chi connectivity index (χ2n) is 10.1. The molecule has 0 N–H and O–H groups in total. The van der Waals surface area contributed by atoms with Gasteiger partial charge in [-0.05, 0) is 75.3 Å². The number of amides is 1. The number of carbonyl (C=O) groups excluding carboxylic acids is 2. The molecule has 1 saturated carbocycles. The summed E-state index contributed by atoms with van der Waals surface area (Å²) in [6.07, 6.45) is 5.65. The molecule has 2 aromatic carbocycles. The lowest BCUT2D eigenvalue weighted by Crippen LogP contribution is -2.40. The quantitative estimate of drug-likeness (QED) is 0.364. The van der Waals surface area contributed by atoms with Gasteiger partial charge in [-0.15, -0.1) is 0 Å². The Hall–Kier alpha value is -3.33. The number of methoxy groups -OCH3 is 1. The molecule has 9 heteroatoms. The monoisotopic (exact) mass is 525 g/mol. The third-order valence-corrected chi connectivity index (χ3v) is 7.71. The summed E-state index contributed by atoms with van der Waals surface area (Å²) < 4.78 is 40.9. The Morgan fingerprint density at radius 3 is 2.55 bits per heavy atom. The summed E-state index contributed by atoms with van der Waals surface area (Å²) in [6.45, 7) is 2.09. The van der Waals surface area contributed by atoms with Crippen molar-refractivity contribution in [3.8, 4) is 0 Å². The number of benzene rings is 2. The van der Waals surface area contributed by atoms with Crippen LogP contribution < -0.4 is 4.90 Å². The summed E-state index contributed by atoms with van der Waals surface area (Å²) in [7, 11) is 1.74. The molecule has 1 aliphatic heterocycles. The van der Waals surface area contributed by atoms with Crippen molar-refractivity contribution in [2.24, 2.45) is 0 Å². The van der Waals surface area contributed by atoms with E-state index >= 15 is 0 Å². The second-order valence-corrected chi connectivity index (χ2v) is 10.1. The summed E-state index contributed by atoms with van der Waals surface area (Å²) in [5, 5.41) is 0. The maximum atomic E-state index is 14.2. The molecule has 1 aromatic heterocycles. The van der Waals surface area contributed by atoms with E-state index in [-0.39, 0.29) is 30.4 Å². The number of nitrogens with zero attached hydrogens (tertiary/aromatic N) is 3. The van der Waals surface area contributed by atoms with E-state index in [1.54, 1.807) is 18.9 Å². The summed E-state index contributed by atoms with van der Waals surface area (Å²) in [4.78, 5) is 31.9. The van der Waals surface area contributed by atoms with Crippen molar-refractivity contribution in [2.75, 3.05) is 18.6 Å². The van der Waals surface area contributed by atoms with Crippen LogP contribution in [-0.4, -0.2) is 41.2 Å². The number of halogens is 2. The van der Waals surface area contributed by atoms with Gasteiger partial charge in [0, 0.05) is 31.3 Å². The minimum Gasteiger partial charge on any atom is -0.466 e. The zero-order chi connectivity index (χ0) is 26.8. The highest BCUT2D eigenvalue weighted by Gasteiger charge is 2.36. The van der Waals surface area contributed by atoms with Gasteiger partial charge in [0.05, 0.1) is 36.2 Å². The number of imidazole rings is 1. The number of ether oxygens (including phenoxy) is 2. The lowest BCUT2D eigenvalue weighted by molar-refractivity contribution is -0.142. The van der Waals surface area contributed by atoms with Crippen LogP contribution in [0.1, 0.15) is 75.3 Å². The van der Waals surface area contributed by atoms with Crippen LogP contribution in [0, 0.1) is 11.6 Å². The van der Waals surface area contributed by atoms with E-state index in [4.69, 9.17) is 14.5 Å². The predicted octanol–water partition coefficient (Wildman–Crippen LogP) is 5.81. The summed E-state index contributed by atoms with van der Waals surface area (Å²) in [5.41, 5.74) is 2.78. The smallest absolute Gasteiger partial charge is 0.310 e. The molecule has 7 nitrogen and oxygen atoms in total. The SMILES string of the molecule is CCOC(=O)Cc1ccc2c(c1)nc([C@@H]1CCCC(=O)N1c1ccc(F)c(F)c1)n2[C@H]1CC[C@H](OC)CC1. The van der Waals surface area contributed by atoms with Gasteiger partial charge >= 0.3 is 5.97 Å². The molecule has 0 bridgehead atoms. The van der Waals surface area contributed by atoms with Crippen molar-refractivity contribution in [3.63, 3.8) is 0 Å². The zero-order valence-corrected chi connectivity index (χ0v) is 21.8. The molecule has 1 saturated heterocycles. The van der Waals surface area contributed by atoms with Crippen LogP contribution in [0.4, 0.5) is 14.5 Å². The van der Waals surface area contributed by atoms with E-state index < -0.39 is 17.7 Å². The fraction of sp³-hybridized carbons (Fsp3) is 0.483. The lowest BCUT2D eigenvalue weighted by Gasteiger charge is -2.37. The molecule has 0 unspecified atom stereocenters. The standard InChI is InChI=1S/C29H33F2N3O4/c1-3-38-28(36)16-18-7-14-25-24(15-18)32-29(34(25)19-8-11-21(37-2)12-9-19)26-5-4-6-27(35)33(26)20-10-13-22(30)23(31)17-20/h7,10,13-15,17,19,21,26H,3-6,8-9,11-12,16H2,1-2H3/t19-,21-,26-/m0/s1. The van der Waals surface area contributed by atoms with Crippen molar-refractivity contribution in [3.05, 3.63) is 59.4 Å². The first kappa shape index (κ1) is 26.3. The van der Waals surface area contributed by atoms with Crippen molar-refractivity contribution in [1.82, 2.24) is 9.55 Å². The van der Waals surface area contributed by atoms with E-state index in [1.807, 2.05) is 18.2 Å². The van der Waals surface area contributed by atoms with Gasteiger partial charge in [-0.25, -0.2) is 13.8 Å². The number of esters is 1. The Bertz CT molecular complexity index is 1330. The van der Waals surface area contributed by atoms with Gasteiger partial charge in [-0.1, -0.05) is 6.07 Å². The molecule has 0 spiro atoms. The fourth-order valence-corrected chi connectivity index (χ4v) is 5.88. The average Bonchev–Trinajstić information content (AvgIpc) is 3.29. The third kappa shape index (κ3) is 5.16. The molecule has 1 amide bonds. The minimum absolute atomic E-state index is 0.142. The first-order chi connectivity index (χ1) is 18.4. The maximum absolute atomic E-state index is 14.2. The number of fused-ring (bicyclic) bond motifs is 1. The van der Waals surface area contributed by atoms with Crippen LogP contribution in [0.25, 0.3) is 11.0 Å². The van der Waals surface area contributed by atoms with Gasteiger partial charge in [0.15, 0.2) is 11.6 Å². The molecule has 2 aliphatic rings. The predicted molar refractivity (Wildman–Crippen MR) is 139 cm³/mol. The molecule has 1 atom stereocenters. The number of aromatic nitrogens is 2. The zero-order valence-electron chi connectivity index (χ0n) is 21.8. The molecule has 5 rings (SSSR count). The number of anilines is 1. The Morgan fingerprint density at radius 2 is 1.84 bits per heavy atom. The van der Waals surface area contributed by atoms with Gasteiger partial charge in [0.1, 0.15) is 5.82 Å². The highest BCUT2D eigenvalue weighted by Crippen LogP contribution is 2.41. The molecule has 2 heterocycles. The van der Waals surface area contributed by atoms with E-state index in [0.717, 1.165) is 60.2 Å². The average molecular weight is 526 g/mol. The molecular formula is C29H33F2N3O4. The summed E-state index contributed by atoms with van der Waals surface area (Å²) >= 11 is 0. The van der Waals surface area contributed by atoms with Crippen LogP contribution in [-0.2, 0) is 25.5 Å². The van der Waals surface area contributed by atoms with E-state index in [0.29, 0.717) is 31.6 Å². The Kier molecular flexibility index (Phi) is 7.74. The Balaban J connectivity index is 1.60. The van der Waals surface area contributed by atoms with Crippen molar-refractivity contribution in [2.45, 2.75) is 76.5 Å². The molecule has 38 heavy (non-hydrogen) atoms. The Labute approximate surface area is 220 Å². The van der Waals surface area contributed by atoms with E-state index in [1.165, 1.54) is 6.07 Å². The van der Waals surface area contributed by atoms with Crippen LogP contribution in [0.5, 0.6) is 0 Å². The number of piperidine rings is 1. The molecule has 202 valence electrons. The molecular weight excluding hydrogens is 492 g/mol. The van der Waals surface area contributed by atoms with Gasteiger partial charge < -0.3 is 18.9 Å². The van der Waals surface area contributed by atoms with Gasteiger partial charge in [0.2, 0.25) is 5.91 Å². The summed E-state index contributed by atoms with van der Waals surface area (Å²) in [5.74, 6) is -1.66. The first-order valence-electron chi connectivity index (χ1n) is 13.4. The maximum Gasteiger partial charge on any atom is 0.310 e. The van der Waals surface area contributed by atoms with Gasteiger partial charge in [-0.2, -0.15) is 0 Å². The van der Waals surface area contributed by atoms with Crippen molar-refractivity contribution in [1.29, 1.82) is 0 Å². The third-order valence-electron chi connectivity index (χ3n) is 7.71. The molecule has 2 fully saturated rings. The van der Waals surface area contributed by atoms with Gasteiger partial charge in [-0.3, -0.25) is 9.59 Å². The topological polar surface area (TPSA) is 73.7 Å². The van der Waals surface area contributed by atoms with Crippen molar-refractivity contribution < 1.29 is 27.8 Å². The van der Waals surface area contributed by atoms with E-state index in [2.05, 4.69) is 4.57 Å². The van der Waals surface area contributed by atoms with Gasteiger partial charge in [0.25, 0.3) is 0 Å². The summed E-state index contributed by atoms with van der Waals surface area (Å²) in [6, 6.07) is 9.11. The van der Waals surface area contributed by atoms with Crippen LogP contribution in [0.3, 0.4) is 0 Å². The van der Waals surface area contributed by atoms with Crippen LogP contribution in [0.2, 0.25) is 0 Å². The molecule has 0 radical (unpaired) electrons. The second kappa shape index (κ2) is 11.2. The van der Waals surface area contributed by atoms with Crippen LogP contribution >= 0.6 is 0 Å².